The molecular formula is C21H23NO4. The fraction of sp³-hybridized carbons (Fsp3) is 0.286. The summed E-state index contributed by atoms with van der Waals surface area (Å²) < 4.78 is 21.5. The first-order valence-corrected chi connectivity index (χ1v) is 8.44. The molecule has 0 atom stereocenters. The van der Waals surface area contributed by atoms with Gasteiger partial charge in [-0.25, -0.2) is 0 Å². The van der Waals surface area contributed by atoms with Gasteiger partial charge in [0, 0.05) is 11.1 Å². The van der Waals surface area contributed by atoms with Crippen molar-refractivity contribution >= 4 is 0 Å². The Bertz CT molecular complexity index is 856. The van der Waals surface area contributed by atoms with E-state index in [-0.39, 0.29) is 0 Å². The number of benzene rings is 2. The first-order chi connectivity index (χ1) is 12.6. The van der Waals surface area contributed by atoms with Crippen molar-refractivity contribution in [2.75, 3.05) is 21.3 Å². The number of methoxy groups -OCH3 is 3. The number of hydrogen-bond donors (Lipinski definition) is 0. The Kier molecular flexibility index (Phi) is 5.16. The van der Waals surface area contributed by atoms with E-state index in [2.05, 4.69) is 43.3 Å². The zero-order valence-corrected chi connectivity index (χ0v) is 15.7. The molecule has 3 rings (SSSR count). The Labute approximate surface area is 153 Å². The van der Waals surface area contributed by atoms with Gasteiger partial charge in [0.15, 0.2) is 11.5 Å². The number of ether oxygens (including phenoxy) is 3. The van der Waals surface area contributed by atoms with E-state index in [1.807, 2.05) is 12.1 Å². The second-order valence-corrected chi connectivity index (χ2v) is 6.27. The molecule has 5 nitrogen and oxygen atoms in total. The average molecular weight is 353 g/mol. The van der Waals surface area contributed by atoms with Crippen molar-refractivity contribution in [3.05, 3.63) is 48.2 Å². The molecule has 0 unspecified atom stereocenters. The molecule has 0 aliphatic heterocycles. The van der Waals surface area contributed by atoms with Crippen LogP contribution in [-0.2, 0) is 0 Å². The quantitative estimate of drug-likeness (QED) is 0.613. The summed E-state index contributed by atoms with van der Waals surface area (Å²) >= 11 is 0. The summed E-state index contributed by atoms with van der Waals surface area (Å²) in [7, 11) is 4.77. The summed E-state index contributed by atoms with van der Waals surface area (Å²) in [6.07, 6.45) is 1.66. The van der Waals surface area contributed by atoms with E-state index >= 15 is 0 Å². The van der Waals surface area contributed by atoms with Gasteiger partial charge in [0.25, 0.3) is 0 Å². The summed E-state index contributed by atoms with van der Waals surface area (Å²) in [5.74, 6) is 2.18. The number of aromatic nitrogens is 1. The van der Waals surface area contributed by atoms with Gasteiger partial charge < -0.3 is 18.7 Å². The summed E-state index contributed by atoms with van der Waals surface area (Å²) in [5.41, 5.74) is 4.80. The van der Waals surface area contributed by atoms with Crippen molar-refractivity contribution in [1.82, 2.24) is 5.16 Å². The van der Waals surface area contributed by atoms with Gasteiger partial charge >= 0.3 is 0 Å². The minimum absolute atomic E-state index is 0.487. The molecule has 0 amide bonds. The smallest absolute Gasteiger partial charge is 0.203 e. The van der Waals surface area contributed by atoms with E-state index in [1.54, 1.807) is 27.6 Å². The van der Waals surface area contributed by atoms with E-state index in [9.17, 15) is 0 Å². The van der Waals surface area contributed by atoms with Gasteiger partial charge in [-0.1, -0.05) is 43.3 Å². The van der Waals surface area contributed by atoms with E-state index < -0.39 is 0 Å². The molecule has 0 bridgehead atoms. The lowest BCUT2D eigenvalue weighted by Crippen LogP contribution is -1.96. The Morgan fingerprint density at radius 3 is 1.96 bits per heavy atom. The zero-order valence-electron chi connectivity index (χ0n) is 15.7. The van der Waals surface area contributed by atoms with Crippen LogP contribution in [0.25, 0.3) is 22.4 Å². The summed E-state index contributed by atoms with van der Waals surface area (Å²) in [5, 5.41) is 4.20. The highest BCUT2D eigenvalue weighted by Gasteiger charge is 2.19. The highest BCUT2D eigenvalue weighted by atomic mass is 16.5. The lowest BCUT2D eigenvalue weighted by molar-refractivity contribution is 0.324. The lowest BCUT2D eigenvalue weighted by atomic mass is 9.97. The second-order valence-electron chi connectivity index (χ2n) is 6.27. The van der Waals surface area contributed by atoms with Crippen LogP contribution in [0.3, 0.4) is 0 Å². The topological polar surface area (TPSA) is 53.7 Å². The van der Waals surface area contributed by atoms with Crippen molar-refractivity contribution in [2.24, 2.45) is 0 Å². The fourth-order valence-corrected chi connectivity index (χ4v) is 2.92. The van der Waals surface area contributed by atoms with Gasteiger partial charge in [-0.15, -0.1) is 0 Å². The molecule has 0 radical (unpaired) electrons. The predicted molar refractivity (Wildman–Crippen MR) is 101 cm³/mol. The van der Waals surface area contributed by atoms with Crippen LogP contribution < -0.4 is 14.2 Å². The van der Waals surface area contributed by atoms with Crippen LogP contribution in [0.2, 0.25) is 0 Å². The predicted octanol–water partition coefficient (Wildman–Crippen LogP) is 5.16. The van der Waals surface area contributed by atoms with E-state index in [0.29, 0.717) is 23.2 Å². The minimum Gasteiger partial charge on any atom is -0.493 e. The van der Waals surface area contributed by atoms with E-state index in [1.165, 1.54) is 5.56 Å². The van der Waals surface area contributed by atoms with Gasteiger partial charge in [0.1, 0.15) is 12.0 Å². The second kappa shape index (κ2) is 7.52. The normalized spacial score (nSPS) is 10.8. The molecule has 0 spiro atoms. The number of hydrogen-bond acceptors (Lipinski definition) is 5. The lowest BCUT2D eigenvalue weighted by Gasteiger charge is -2.14. The molecule has 0 fully saturated rings. The van der Waals surface area contributed by atoms with Crippen molar-refractivity contribution in [3.8, 4) is 39.6 Å². The van der Waals surface area contributed by atoms with E-state index in [0.717, 1.165) is 22.4 Å². The molecule has 3 aromatic rings. The van der Waals surface area contributed by atoms with Gasteiger partial charge in [0.2, 0.25) is 5.75 Å². The van der Waals surface area contributed by atoms with Crippen molar-refractivity contribution in [1.29, 1.82) is 0 Å². The standard InChI is InChI=1S/C21H23NO4/c1-13(2)14-6-8-15(9-7-14)17-12-26-22-20(17)16-10-18(23-3)21(25-5)19(11-16)24-4/h6-13H,1-5H3. The maximum atomic E-state index is 5.44. The molecule has 136 valence electrons. The summed E-state index contributed by atoms with van der Waals surface area (Å²) in [6.45, 7) is 4.35. The Morgan fingerprint density at radius 1 is 0.846 bits per heavy atom. The van der Waals surface area contributed by atoms with Crippen molar-refractivity contribution in [2.45, 2.75) is 19.8 Å². The largest absolute Gasteiger partial charge is 0.493 e. The molecule has 0 aliphatic rings. The van der Waals surface area contributed by atoms with Crippen LogP contribution in [0.5, 0.6) is 17.2 Å². The highest BCUT2D eigenvalue weighted by molar-refractivity contribution is 5.82. The molecular weight excluding hydrogens is 330 g/mol. The highest BCUT2D eigenvalue weighted by Crippen LogP contribution is 2.42. The third-order valence-corrected chi connectivity index (χ3v) is 4.40. The molecule has 5 heteroatoms. The number of nitrogens with zero attached hydrogens (tertiary/aromatic N) is 1. The van der Waals surface area contributed by atoms with Crippen molar-refractivity contribution < 1.29 is 18.7 Å². The van der Waals surface area contributed by atoms with Gasteiger partial charge in [0.05, 0.1) is 21.3 Å². The van der Waals surface area contributed by atoms with Gasteiger partial charge in [-0.3, -0.25) is 0 Å². The zero-order chi connectivity index (χ0) is 18.7. The monoisotopic (exact) mass is 353 g/mol. The van der Waals surface area contributed by atoms with Crippen LogP contribution in [-0.4, -0.2) is 26.5 Å². The average Bonchev–Trinajstić information content (AvgIpc) is 3.16. The molecule has 0 saturated heterocycles. The Morgan fingerprint density at radius 2 is 1.46 bits per heavy atom. The van der Waals surface area contributed by atoms with Crippen LogP contribution in [0.15, 0.2) is 47.2 Å². The molecule has 26 heavy (non-hydrogen) atoms. The third-order valence-electron chi connectivity index (χ3n) is 4.40. The molecule has 2 aromatic carbocycles. The molecule has 0 N–H and O–H groups in total. The fourth-order valence-electron chi connectivity index (χ4n) is 2.92. The van der Waals surface area contributed by atoms with Crippen LogP contribution in [0.1, 0.15) is 25.3 Å². The minimum atomic E-state index is 0.487. The van der Waals surface area contributed by atoms with Gasteiger partial charge in [-0.2, -0.15) is 0 Å². The maximum absolute atomic E-state index is 5.44. The van der Waals surface area contributed by atoms with Crippen LogP contribution in [0, 0.1) is 0 Å². The first-order valence-electron chi connectivity index (χ1n) is 8.44. The van der Waals surface area contributed by atoms with E-state index in [4.69, 9.17) is 18.7 Å². The van der Waals surface area contributed by atoms with Crippen molar-refractivity contribution in [3.63, 3.8) is 0 Å². The molecule has 0 aliphatic carbocycles. The first kappa shape index (κ1) is 17.9. The SMILES string of the molecule is COc1cc(-c2nocc2-c2ccc(C(C)C)cc2)cc(OC)c1OC. The van der Waals surface area contributed by atoms with Gasteiger partial charge in [-0.05, 0) is 29.2 Å². The molecule has 0 saturated carbocycles. The molecule has 1 heterocycles. The summed E-state index contributed by atoms with van der Waals surface area (Å²) in [6, 6.07) is 12.2. The Balaban J connectivity index is 2.08. The molecule has 1 aromatic heterocycles. The van der Waals surface area contributed by atoms with Crippen LogP contribution >= 0.6 is 0 Å². The summed E-state index contributed by atoms with van der Waals surface area (Å²) in [4.78, 5) is 0. The Hall–Kier alpha value is -2.95. The third kappa shape index (κ3) is 3.25. The maximum Gasteiger partial charge on any atom is 0.203 e. The number of rotatable bonds is 6. The van der Waals surface area contributed by atoms with Crippen LogP contribution in [0.4, 0.5) is 0 Å².